The minimum Gasteiger partial charge on any atom is -0.378 e. The summed E-state index contributed by atoms with van der Waals surface area (Å²) in [5.74, 6) is 0.217. The van der Waals surface area contributed by atoms with Crippen LogP contribution < -0.4 is 5.32 Å². The second-order valence-electron chi connectivity index (χ2n) is 10.3. The first-order chi connectivity index (χ1) is 18.3. The highest BCUT2D eigenvalue weighted by Crippen LogP contribution is 2.14. The van der Waals surface area contributed by atoms with Crippen molar-refractivity contribution in [3.8, 4) is 0 Å². The summed E-state index contributed by atoms with van der Waals surface area (Å²) >= 11 is 0. The SMILES string of the molecule is CCCCCCCCCCCCCCCCCC(=O)N1CCOCCOCCNCCOCCOCC1. The van der Waals surface area contributed by atoms with Gasteiger partial charge in [0.2, 0.25) is 5.91 Å². The van der Waals surface area contributed by atoms with Crippen molar-refractivity contribution in [3.05, 3.63) is 0 Å². The van der Waals surface area contributed by atoms with Crippen molar-refractivity contribution in [2.45, 2.75) is 110 Å². The van der Waals surface area contributed by atoms with E-state index in [0.29, 0.717) is 72.4 Å². The third-order valence-electron chi connectivity index (χ3n) is 6.95. The molecule has 1 aliphatic rings. The Morgan fingerprint density at radius 2 is 0.919 bits per heavy atom. The predicted octanol–water partition coefficient (Wildman–Crippen LogP) is 5.75. The smallest absolute Gasteiger partial charge is 0.222 e. The fraction of sp³-hybridized carbons (Fsp3) is 0.967. The molecule has 0 atom stereocenters. The van der Waals surface area contributed by atoms with Crippen LogP contribution in [0.2, 0.25) is 0 Å². The van der Waals surface area contributed by atoms with E-state index in [9.17, 15) is 4.79 Å². The van der Waals surface area contributed by atoms with E-state index in [-0.39, 0.29) is 5.91 Å². The van der Waals surface area contributed by atoms with E-state index in [0.717, 1.165) is 25.9 Å². The topological polar surface area (TPSA) is 69.3 Å². The van der Waals surface area contributed by atoms with Crippen molar-refractivity contribution in [2.75, 3.05) is 79.0 Å². The zero-order chi connectivity index (χ0) is 26.5. The Balaban J connectivity index is 2.06. The fourth-order valence-electron chi connectivity index (χ4n) is 4.57. The quantitative estimate of drug-likeness (QED) is 0.257. The van der Waals surface area contributed by atoms with Crippen LogP contribution in [-0.2, 0) is 23.7 Å². The third kappa shape index (κ3) is 24.1. The second-order valence-corrected chi connectivity index (χ2v) is 10.3. The van der Waals surface area contributed by atoms with Crippen LogP contribution in [-0.4, -0.2) is 89.8 Å². The normalized spacial score (nSPS) is 17.8. The van der Waals surface area contributed by atoms with Gasteiger partial charge in [0.15, 0.2) is 0 Å². The molecule has 0 spiro atoms. The molecule has 0 unspecified atom stereocenters. The highest BCUT2D eigenvalue weighted by atomic mass is 16.5. The molecule has 0 aromatic rings. The molecule has 1 rings (SSSR count). The van der Waals surface area contributed by atoms with Crippen molar-refractivity contribution < 1.29 is 23.7 Å². The van der Waals surface area contributed by atoms with E-state index in [1.807, 2.05) is 4.90 Å². The lowest BCUT2D eigenvalue weighted by Crippen LogP contribution is -2.37. The number of nitrogens with one attached hydrogen (secondary N) is 1. The van der Waals surface area contributed by atoms with Crippen LogP contribution in [0, 0.1) is 0 Å². The number of rotatable bonds is 16. The summed E-state index contributed by atoms with van der Waals surface area (Å²) < 4.78 is 22.5. The van der Waals surface area contributed by atoms with Crippen molar-refractivity contribution in [2.24, 2.45) is 0 Å². The Labute approximate surface area is 228 Å². The van der Waals surface area contributed by atoms with Crippen LogP contribution in [0.1, 0.15) is 110 Å². The van der Waals surface area contributed by atoms with Crippen LogP contribution >= 0.6 is 0 Å². The van der Waals surface area contributed by atoms with Crippen LogP contribution in [0.5, 0.6) is 0 Å². The zero-order valence-electron chi connectivity index (χ0n) is 24.3. The van der Waals surface area contributed by atoms with Gasteiger partial charge in [0.05, 0.1) is 52.9 Å². The number of hydrogen-bond donors (Lipinski definition) is 1. The first kappa shape index (κ1) is 34.3. The molecule has 1 N–H and O–H groups in total. The molecule has 0 aliphatic carbocycles. The molecular weight excluding hydrogens is 468 g/mol. The Bertz CT molecular complexity index is 463. The maximum atomic E-state index is 12.8. The summed E-state index contributed by atoms with van der Waals surface area (Å²) in [6.45, 7) is 9.78. The Kier molecular flexibility index (Phi) is 26.2. The lowest BCUT2D eigenvalue weighted by Gasteiger charge is -2.23. The fourth-order valence-corrected chi connectivity index (χ4v) is 4.57. The number of carbonyl (C=O) groups excluding carboxylic acids is 1. The summed E-state index contributed by atoms with van der Waals surface area (Å²) in [6.07, 6.45) is 20.7. The molecule has 0 aromatic carbocycles. The second kappa shape index (κ2) is 28.3. The molecule has 220 valence electrons. The van der Waals surface area contributed by atoms with Crippen molar-refractivity contribution in [1.29, 1.82) is 0 Å². The molecule has 1 aliphatic heterocycles. The van der Waals surface area contributed by atoms with Gasteiger partial charge in [-0.2, -0.15) is 0 Å². The summed E-state index contributed by atoms with van der Waals surface area (Å²) in [5.41, 5.74) is 0. The molecular formula is C30H60N2O5. The Morgan fingerprint density at radius 3 is 1.35 bits per heavy atom. The van der Waals surface area contributed by atoms with E-state index in [1.54, 1.807) is 0 Å². The number of ether oxygens (including phenoxy) is 4. The summed E-state index contributed by atoms with van der Waals surface area (Å²) in [6, 6.07) is 0. The number of nitrogens with zero attached hydrogens (tertiary/aromatic N) is 1. The molecule has 37 heavy (non-hydrogen) atoms. The van der Waals surface area contributed by atoms with Crippen molar-refractivity contribution in [3.63, 3.8) is 0 Å². The first-order valence-electron chi connectivity index (χ1n) is 15.6. The minimum atomic E-state index is 0.217. The molecule has 1 amide bonds. The number of amides is 1. The third-order valence-corrected chi connectivity index (χ3v) is 6.95. The summed E-state index contributed by atoms with van der Waals surface area (Å²) in [4.78, 5) is 14.7. The standard InChI is InChI=1S/C30H60N2O5/c1-2-3-4-5-6-7-8-9-10-11-12-13-14-15-16-17-30(33)32-20-24-36-28-26-34-22-18-31-19-23-35-27-29-37-25-21-32/h31H,2-29H2,1H3. The summed E-state index contributed by atoms with van der Waals surface area (Å²) in [5, 5.41) is 3.28. The van der Waals surface area contributed by atoms with Crippen LogP contribution in [0.3, 0.4) is 0 Å². The molecule has 0 radical (unpaired) electrons. The maximum absolute atomic E-state index is 12.8. The van der Waals surface area contributed by atoms with Gasteiger partial charge in [-0.1, -0.05) is 96.8 Å². The maximum Gasteiger partial charge on any atom is 0.222 e. The van der Waals surface area contributed by atoms with Gasteiger partial charge < -0.3 is 29.2 Å². The highest BCUT2D eigenvalue weighted by molar-refractivity contribution is 5.76. The van der Waals surface area contributed by atoms with Gasteiger partial charge in [-0.05, 0) is 6.42 Å². The van der Waals surface area contributed by atoms with E-state index < -0.39 is 0 Å². The molecule has 0 aromatic heterocycles. The number of hydrogen-bond acceptors (Lipinski definition) is 6. The minimum absolute atomic E-state index is 0.217. The van der Waals surface area contributed by atoms with Crippen LogP contribution in [0.25, 0.3) is 0 Å². The highest BCUT2D eigenvalue weighted by Gasteiger charge is 2.13. The molecule has 1 fully saturated rings. The van der Waals surface area contributed by atoms with Gasteiger partial charge in [0.25, 0.3) is 0 Å². The molecule has 0 saturated carbocycles. The molecule has 7 nitrogen and oxygen atoms in total. The van der Waals surface area contributed by atoms with E-state index in [4.69, 9.17) is 18.9 Å². The number of carbonyl (C=O) groups is 1. The van der Waals surface area contributed by atoms with Gasteiger partial charge >= 0.3 is 0 Å². The molecule has 1 saturated heterocycles. The van der Waals surface area contributed by atoms with Gasteiger partial charge in [-0.3, -0.25) is 4.79 Å². The van der Waals surface area contributed by atoms with Gasteiger partial charge in [0, 0.05) is 32.6 Å². The Hall–Kier alpha value is -0.730. The van der Waals surface area contributed by atoms with Gasteiger partial charge in [0.1, 0.15) is 0 Å². The van der Waals surface area contributed by atoms with E-state index in [1.165, 1.54) is 83.5 Å². The van der Waals surface area contributed by atoms with Crippen molar-refractivity contribution >= 4 is 5.91 Å². The lowest BCUT2D eigenvalue weighted by atomic mass is 10.0. The Morgan fingerprint density at radius 1 is 0.541 bits per heavy atom. The average molecular weight is 529 g/mol. The predicted molar refractivity (Wildman–Crippen MR) is 152 cm³/mol. The molecule has 0 bridgehead atoms. The largest absolute Gasteiger partial charge is 0.378 e. The van der Waals surface area contributed by atoms with Gasteiger partial charge in [-0.15, -0.1) is 0 Å². The number of unbranched alkanes of at least 4 members (excludes halogenated alkanes) is 14. The van der Waals surface area contributed by atoms with E-state index in [2.05, 4.69) is 12.2 Å². The summed E-state index contributed by atoms with van der Waals surface area (Å²) in [7, 11) is 0. The van der Waals surface area contributed by atoms with Gasteiger partial charge in [-0.25, -0.2) is 0 Å². The zero-order valence-corrected chi connectivity index (χ0v) is 24.3. The monoisotopic (exact) mass is 528 g/mol. The molecule has 7 heteroatoms. The lowest BCUT2D eigenvalue weighted by molar-refractivity contribution is -0.133. The van der Waals surface area contributed by atoms with Crippen LogP contribution in [0.4, 0.5) is 0 Å². The average Bonchev–Trinajstić information content (AvgIpc) is 2.90. The van der Waals surface area contributed by atoms with E-state index >= 15 is 0 Å². The first-order valence-corrected chi connectivity index (χ1v) is 15.6. The molecule has 1 heterocycles. The van der Waals surface area contributed by atoms with Crippen molar-refractivity contribution in [1.82, 2.24) is 10.2 Å². The van der Waals surface area contributed by atoms with Crippen LogP contribution in [0.15, 0.2) is 0 Å².